The van der Waals surface area contributed by atoms with Crippen LogP contribution >= 0.6 is 0 Å². The molecule has 2 aromatic carbocycles. The van der Waals surface area contributed by atoms with Crippen LogP contribution in [0.15, 0.2) is 47.5 Å². The fourth-order valence-corrected chi connectivity index (χ4v) is 3.14. The van der Waals surface area contributed by atoms with Gasteiger partial charge in [-0.15, -0.1) is 0 Å². The molecule has 0 amide bonds. The van der Waals surface area contributed by atoms with Gasteiger partial charge in [0.15, 0.2) is 5.96 Å². The molecule has 2 N–H and O–H groups in total. The SMILES string of the molecule is COc1ccc2c(c1)C(NC1=NCCN1)c1ccccc1C=C2. The van der Waals surface area contributed by atoms with Crippen LogP contribution in [0, 0.1) is 0 Å². The Morgan fingerprint density at radius 2 is 1.91 bits per heavy atom. The molecule has 2 aromatic rings. The second-order valence-electron chi connectivity index (χ2n) is 5.69. The molecule has 1 atom stereocenters. The fraction of sp³-hybridized carbons (Fsp3) is 0.211. The van der Waals surface area contributed by atoms with Crippen LogP contribution in [-0.2, 0) is 0 Å². The minimum Gasteiger partial charge on any atom is -0.497 e. The third-order valence-electron chi connectivity index (χ3n) is 4.31. The number of benzene rings is 2. The average molecular weight is 305 g/mol. The molecule has 0 aromatic heterocycles. The van der Waals surface area contributed by atoms with E-state index in [1.165, 1.54) is 22.3 Å². The summed E-state index contributed by atoms with van der Waals surface area (Å²) in [6.45, 7) is 1.71. The van der Waals surface area contributed by atoms with E-state index in [2.05, 4.69) is 64.2 Å². The normalized spacial score (nSPS) is 18.3. The molecule has 2 aliphatic rings. The minimum absolute atomic E-state index is 0.0376. The molecule has 1 unspecified atom stereocenters. The highest BCUT2D eigenvalue weighted by molar-refractivity contribution is 5.84. The number of guanidine groups is 1. The molecular weight excluding hydrogens is 286 g/mol. The Morgan fingerprint density at radius 3 is 2.70 bits per heavy atom. The summed E-state index contributed by atoms with van der Waals surface area (Å²) < 4.78 is 5.43. The number of fused-ring (bicyclic) bond motifs is 2. The van der Waals surface area contributed by atoms with Crippen molar-refractivity contribution in [3.8, 4) is 5.75 Å². The molecule has 0 radical (unpaired) electrons. The van der Waals surface area contributed by atoms with Gasteiger partial charge in [0.2, 0.25) is 0 Å². The molecule has 1 heterocycles. The van der Waals surface area contributed by atoms with Crippen molar-refractivity contribution in [3.63, 3.8) is 0 Å². The highest BCUT2D eigenvalue weighted by Crippen LogP contribution is 2.34. The zero-order valence-electron chi connectivity index (χ0n) is 13.0. The molecule has 4 heteroatoms. The molecule has 4 nitrogen and oxygen atoms in total. The summed E-state index contributed by atoms with van der Waals surface area (Å²) in [5.74, 6) is 1.73. The summed E-state index contributed by atoms with van der Waals surface area (Å²) in [5, 5.41) is 6.87. The lowest BCUT2D eigenvalue weighted by Gasteiger charge is -2.23. The predicted octanol–water partition coefficient (Wildman–Crippen LogP) is 2.82. The molecular formula is C19H19N3O. The van der Waals surface area contributed by atoms with Crippen LogP contribution in [0.2, 0.25) is 0 Å². The average Bonchev–Trinajstić information content (AvgIpc) is 3.06. The summed E-state index contributed by atoms with van der Waals surface area (Å²) in [4.78, 5) is 4.49. The van der Waals surface area contributed by atoms with Crippen LogP contribution in [-0.4, -0.2) is 26.2 Å². The number of hydrogen-bond donors (Lipinski definition) is 2. The fourth-order valence-electron chi connectivity index (χ4n) is 3.14. The van der Waals surface area contributed by atoms with Crippen LogP contribution in [0.3, 0.4) is 0 Å². The van der Waals surface area contributed by atoms with Gasteiger partial charge in [-0.1, -0.05) is 42.5 Å². The topological polar surface area (TPSA) is 45.6 Å². The predicted molar refractivity (Wildman–Crippen MR) is 93.6 cm³/mol. The summed E-state index contributed by atoms with van der Waals surface area (Å²) in [7, 11) is 1.70. The van der Waals surface area contributed by atoms with Crippen molar-refractivity contribution in [2.45, 2.75) is 6.04 Å². The molecule has 1 aliphatic heterocycles. The van der Waals surface area contributed by atoms with Gasteiger partial charge in [0, 0.05) is 6.54 Å². The zero-order valence-corrected chi connectivity index (χ0v) is 13.0. The molecule has 23 heavy (non-hydrogen) atoms. The van der Waals surface area contributed by atoms with Crippen molar-refractivity contribution in [3.05, 3.63) is 64.7 Å². The van der Waals surface area contributed by atoms with Gasteiger partial charge in [0.05, 0.1) is 19.7 Å². The molecule has 1 aliphatic carbocycles. The first-order valence-corrected chi connectivity index (χ1v) is 7.85. The summed E-state index contributed by atoms with van der Waals surface area (Å²) in [6, 6.07) is 14.7. The van der Waals surface area contributed by atoms with E-state index < -0.39 is 0 Å². The largest absolute Gasteiger partial charge is 0.497 e. The van der Waals surface area contributed by atoms with E-state index >= 15 is 0 Å². The first kappa shape index (κ1) is 13.9. The Kier molecular flexibility index (Phi) is 3.50. The molecule has 0 fully saturated rings. The molecule has 0 saturated heterocycles. The highest BCUT2D eigenvalue weighted by atomic mass is 16.5. The van der Waals surface area contributed by atoms with Gasteiger partial charge in [0.1, 0.15) is 5.75 Å². The van der Waals surface area contributed by atoms with Crippen LogP contribution < -0.4 is 15.4 Å². The number of rotatable bonds is 2. The van der Waals surface area contributed by atoms with Gasteiger partial charge in [0.25, 0.3) is 0 Å². The van der Waals surface area contributed by atoms with Crippen LogP contribution in [0.4, 0.5) is 0 Å². The van der Waals surface area contributed by atoms with Gasteiger partial charge in [-0.25, -0.2) is 0 Å². The van der Waals surface area contributed by atoms with Crippen molar-refractivity contribution < 1.29 is 4.74 Å². The van der Waals surface area contributed by atoms with E-state index in [9.17, 15) is 0 Å². The Bertz CT molecular complexity index is 795. The lowest BCUT2D eigenvalue weighted by atomic mass is 9.94. The second-order valence-corrected chi connectivity index (χ2v) is 5.69. The van der Waals surface area contributed by atoms with E-state index in [1.807, 2.05) is 6.07 Å². The number of methoxy groups -OCH3 is 1. The number of nitrogens with one attached hydrogen (secondary N) is 2. The lowest BCUT2D eigenvalue weighted by Crippen LogP contribution is -2.37. The van der Waals surface area contributed by atoms with Gasteiger partial charge >= 0.3 is 0 Å². The Hall–Kier alpha value is -2.75. The quantitative estimate of drug-likeness (QED) is 0.897. The molecule has 0 saturated carbocycles. The maximum Gasteiger partial charge on any atom is 0.192 e. The smallest absolute Gasteiger partial charge is 0.192 e. The summed E-state index contributed by atoms with van der Waals surface area (Å²) in [5.41, 5.74) is 4.85. The van der Waals surface area contributed by atoms with E-state index in [0.29, 0.717) is 0 Å². The number of ether oxygens (including phenoxy) is 1. The van der Waals surface area contributed by atoms with Crippen molar-refractivity contribution in [2.75, 3.05) is 20.2 Å². The van der Waals surface area contributed by atoms with Crippen molar-refractivity contribution in [2.24, 2.45) is 4.99 Å². The molecule has 0 bridgehead atoms. The zero-order chi connectivity index (χ0) is 15.6. The van der Waals surface area contributed by atoms with E-state index in [1.54, 1.807) is 7.11 Å². The maximum absolute atomic E-state index is 5.43. The summed E-state index contributed by atoms with van der Waals surface area (Å²) in [6.07, 6.45) is 4.34. The molecule has 4 rings (SSSR count). The van der Waals surface area contributed by atoms with E-state index in [0.717, 1.165) is 24.8 Å². The highest BCUT2D eigenvalue weighted by Gasteiger charge is 2.23. The third kappa shape index (κ3) is 2.57. The van der Waals surface area contributed by atoms with Gasteiger partial charge in [-0.2, -0.15) is 0 Å². The van der Waals surface area contributed by atoms with Crippen molar-refractivity contribution >= 4 is 18.1 Å². The molecule has 0 spiro atoms. The van der Waals surface area contributed by atoms with Crippen molar-refractivity contribution in [1.82, 2.24) is 10.6 Å². The minimum atomic E-state index is 0.0376. The molecule has 116 valence electrons. The standard InChI is InChI=1S/C19H19N3O/c1-23-15-9-8-14-7-6-13-4-2-3-5-16(13)18(17(14)12-15)22-19-20-10-11-21-19/h2-9,12,18H,10-11H2,1H3,(H2,20,21,22). The Morgan fingerprint density at radius 1 is 1.09 bits per heavy atom. The Balaban J connectivity index is 1.85. The van der Waals surface area contributed by atoms with E-state index in [-0.39, 0.29) is 6.04 Å². The third-order valence-corrected chi connectivity index (χ3v) is 4.31. The van der Waals surface area contributed by atoms with Crippen LogP contribution in [0.25, 0.3) is 12.2 Å². The summed E-state index contributed by atoms with van der Waals surface area (Å²) >= 11 is 0. The Labute approximate surface area is 135 Å². The number of aliphatic imine (C=N–C) groups is 1. The van der Waals surface area contributed by atoms with E-state index in [4.69, 9.17) is 4.74 Å². The van der Waals surface area contributed by atoms with Crippen LogP contribution in [0.5, 0.6) is 5.75 Å². The van der Waals surface area contributed by atoms with Crippen LogP contribution in [0.1, 0.15) is 28.3 Å². The lowest BCUT2D eigenvalue weighted by molar-refractivity contribution is 0.414. The monoisotopic (exact) mass is 305 g/mol. The van der Waals surface area contributed by atoms with Gasteiger partial charge in [-0.3, -0.25) is 4.99 Å². The van der Waals surface area contributed by atoms with Gasteiger partial charge < -0.3 is 15.4 Å². The number of nitrogens with zero attached hydrogens (tertiary/aromatic N) is 1. The van der Waals surface area contributed by atoms with Gasteiger partial charge in [-0.05, 0) is 34.4 Å². The van der Waals surface area contributed by atoms with Crippen molar-refractivity contribution in [1.29, 1.82) is 0 Å². The second kappa shape index (κ2) is 5.80. The first-order chi connectivity index (χ1) is 11.3. The first-order valence-electron chi connectivity index (χ1n) is 7.85. The maximum atomic E-state index is 5.43. The number of hydrogen-bond acceptors (Lipinski definition) is 4.